The number of nitrogens with one attached hydrogen (secondary N) is 1. The molecule has 0 aliphatic carbocycles. The van der Waals surface area contributed by atoms with Crippen molar-refractivity contribution in [3.63, 3.8) is 0 Å². The lowest BCUT2D eigenvalue weighted by atomic mass is 10.2. The summed E-state index contributed by atoms with van der Waals surface area (Å²) in [5, 5.41) is 6.57. The van der Waals surface area contributed by atoms with E-state index in [1.54, 1.807) is 0 Å². The van der Waals surface area contributed by atoms with Crippen LogP contribution in [0.1, 0.15) is 40.0 Å². The van der Waals surface area contributed by atoms with Gasteiger partial charge in [0.05, 0.1) is 0 Å². The molecule has 0 spiro atoms. The molecule has 0 aromatic carbocycles. The Kier molecular flexibility index (Phi) is 6.53. The fraction of sp³-hybridized carbons (Fsp3) is 0.889. The number of carbonyl (C=O) groups excluding carboxylic acids is 1. The van der Waals surface area contributed by atoms with Crippen molar-refractivity contribution in [3.8, 4) is 0 Å². The fourth-order valence-electron chi connectivity index (χ4n) is 0.835. The van der Waals surface area contributed by atoms with E-state index < -0.39 is 0 Å². The molecule has 0 unspecified atom stereocenters. The molecule has 0 rings (SSSR count). The van der Waals surface area contributed by atoms with Crippen LogP contribution >= 0.6 is 0 Å². The van der Waals surface area contributed by atoms with Gasteiger partial charge in [-0.1, -0.05) is 19.8 Å². The minimum absolute atomic E-state index is 0.180. The third-order valence-corrected chi connectivity index (χ3v) is 1.43. The highest BCUT2D eigenvalue weighted by molar-refractivity contribution is 5.73. The number of unbranched alkanes of at least 4 members (excludes halogenated alkanes) is 2. The molecule has 12 heavy (non-hydrogen) atoms. The third kappa shape index (κ3) is 7.38. The van der Waals surface area contributed by atoms with Crippen molar-refractivity contribution < 1.29 is 4.79 Å². The number of hydrogen-bond donors (Lipinski definition) is 1. The van der Waals surface area contributed by atoms with Gasteiger partial charge in [-0.15, -0.1) is 0 Å². The van der Waals surface area contributed by atoms with Gasteiger partial charge in [-0.2, -0.15) is 0 Å². The van der Waals surface area contributed by atoms with Crippen molar-refractivity contribution in [2.45, 2.75) is 46.1 Å². The maximum Gasteiger partial charge on any atom is 0.336 e. The van der Waals surface area contributed by atoms with Gasteiger partial charge in [0.2, 0.25) is 0 Å². The Morgan fingerprint density at radius 2 is 2.08 bits per heavy atom. The van der Waals surface area contributed by atoms with Crippen LogP contribution in [0.3, 0.4) is 0 Å². The van der Waals surface area contributed by atoms with Crippen molar-refractivity contribution in [3.05, 3.63) is 0 Å². The van der Waals surface area contributed by atoms with E-state index in [2.05, 4.69) is 17.6 Å². The van der Waals surface area contributed by atoms with E-state index in [9.17, 15) is 4.79 Å². The predicted octanol–water partition coefficient (Wildman–Crippen LogP) is 1.90. The first-order chi connectivity index (χ1) is 5.66. The molecule has 0 aliphatic heterocycles. The van der Waals surface area contributed by atoms with E-state index in [1.165, 1.54) is 6.42 Å². The van der Waals surface area contributed by atoms with Crippen LogP contribution in [0.4, 0.5) is 4.79 Å². The fourth-order valence-corrected chi connectivity index (χ4v) is 0.835. The average molecular weight is 171 g/mol. The van der Waals surface area contributed by atoms with Crippen molar-refractivity contribution in [2.24, 2.45) is 0 Å². The predicted molar refractivity (Wildman–Crippen MR) is 50.2 cm³/mol. The molecule has 2 amide bonds. The topological polar surface area (TPSA) is 43.2 Å². The zero-order chi connectivity index (χ0) is 9.40. The summed E-state index contributed by atoms with van der Waals surface area (Å²) in [5.41, 5.74) is 0. The van der Waals surface area contributed by atoms with Crippen LogP contribution in [0, 0.1) is 0 Å². The number of carbonyl (C=O) groups is 1. The van der Waals surface area contributed by atoms with Gasteiger partial charge in [0.15, 0.2) is 0 Å². The van der Waals surface area contributed by atoms with Gasteiger partial charge in [0.1, 0.15) is 0 Å². The second-order valence-corrected chi connectivity index (χ2v) is 3.19. The second-order valence-electron chi connectivity index (χ2n) is 3.19. The molecule has 0 aromatic heterocycles. The quantitative estimate of drug-likeness (QED) is 0.631. The molecule has 0 bridgehead atoms. The zero-order valence-electron chi connectivity index (χ0n) is 8.26. The molecular weight excluding hydrogens is 152 g/mol. The second kappa shape index (κ2) is 6.95. The zero-order valence-corrected chi connectivity index (χ0v) is 8.26. The normalized spacial score (nSPS) is 10.0. The van der Waals surface area contributed by atoms with Gasteiger partial charge < -0.3 is 5.32 Å². The Balaban J connectivity index is 3.20. The third-order valence-electron chi connectivity index (χ3n) is 1.43. The number of urea groups is 1. The summed E-state index contributed by atoms with van der Waals surface area (Å²) < 4.78 is 0. The Labute approximate surface area is 74.9 Å². The van der Waals surface area contributed by atoms with E-state index in [1.807, 2.05) is 13.8 Å². The maximum absolute atomic E-state index is 10.9. The molecule has 0 atom stereocenters. The number of hydrogen-bond acceptors (Lipinski definition) is 1. The largest absolute Gasteiger partial charge is 0.336 e. The van der Waals surface area contributed by atoms with Crippen molar-refractivity contribution >= 4 is 6.03 Å². The highest BCUT2D eigenvalue weighted by Crippen LogP contribution is 1.91. The van der Waals surface area contributed by atoms with E-state index in [0.29, 0.717) is 6.54 Å². The molecular formula is C9H19N2O. The Hall–Kier alpha value is -0.730. The van der Waals surface area contributed by atoms with Crippen molar-refractivity contribution in [1.82, 2.24) is 10.6 Å². The molecule has 0 aromatic rings. The molecule has 71 valence electrons. The summed E-state index contributed by atoms with van der Waals surface area (Å²) in [7, 11) is 0. The lowest BCUT2D eigenvalue weighted by Crippen LogP contribution is -2.35. The molecule has 3 heteroatoms. The molecule has 0 saturated carbocycles. The standard InChI is InChI=1S/C9H19N2O/c1-4-5-6-7-10-9(12)11-8(2)3/h8H,4-7H2,1-3H3,(H,11,12). The monoisotopic (exact) mass is 171 g/mol. The van der Waals surface area contributed by atoms with Gasteiger partial charge in [0, 0.05) is 12.6 Å². The maximum atomic E-state index is 10.9. The molecule has 0 heterocycles. The summed E-state index contributed by atoms with van der Waals surface area (Å²) in [6.07, 6.45) is 3.34. The van der Waals surface area contributed by atoms with Crippen molar-refractivity contribution in [1.29, 1.82) is 0 Å². The SMILES string of the molecule is CCCCC[N]C(=O)NC(C)C. The van der Waals surface area contributed by atoms with E-state index >= 15 is 0 Å². The lowest BCUT2D eigenvalue weighted by Gasteiger charge is -2.07. The summed E-state index contributed by atoms with van der Waals surface area (Å²) in [6.45, 7) is 6.65. The van der Waals surface area contributed by atoms with Gasteiger partial charge in [-0.25, -0.2) is 10.1 Å². The highest BCUT2D eigenvalue weighted by Gasteiger charge is 2.01. The minimum Gasteiger partial charge on any atom is -0.334 e. The lowest BCUT2D eigenvalue weighted by molar-refractivity contribution is 0.237. The first-order valence-electron chi connectivity index (χ1n) is 4.64. The van der Waals surface area contributed by atoms with Crippen LogP contribution in [0.5, 0.6) is 0 Å². The van der Waals surface area contributed by atoms with Gasteiger partial charge in [0.25, 0.3) is 0 Å². The van der Waals surface area contributed by atoms with Crippen LogP contribution in [0.25, 0.3) is 0 Å². The van der Waals surface area contributed by atoms with Crippen LogP contribution in [0.15, 0.2) is 0 Å². The van der Waals surface area contributed by atoms with Gasteiger partial charge in [-0.3, -0.25) is 0 Å². The number of rotatable bonds is 5. The molecule has 0 fully saturated rings. The van der Waals surface area contributed by atoms with E-state index in [4.69, 9.17) is 0 Å². The average Bonchev–Trinajstić information content (AvgIpc) is 1.97. The van der Waals surface area contributed by atoms with Crippen LogP contribution in [-0.2, 0) is 0 Å². The summed E-state index contributed by atoms with van der Waals surface area (Å²) in [4.78, 5) is 10.9. The van der Waals surface area contributed by atoms with Crippen LogP contribution in [-0.4, -0.2) is 18.6 Å². The first-order valence-corrected chi connectivity index (χ1v) is 4.64. The Bertz CT molecular complexity index is 124. The summed E-state index contributed by atoms with van der Waals surface area (Å²) >= 11 is 0. The van der Waals surface area contributed by atoms with E-state index in [0.717, 1.165) is 12.8 Å². The van der Waals surface area contributed by atoms with Crippen molar-refractivity contribution in [2.75, 3.05) is 6.54 Å². The van der Waals surface area contributed by atoms with Crippen LogP contribution < -0.4 is 10.6 Å². The molecule has 3 nitrogen and oxygen atoms in total. The molecule has 0 aliphatic rings. The van der Waals surface area contributed by atoms with Crippen LogP contribution in [0.2, 0.25) is 0 Å². The number of nitrogens with zero attached hydrogens (tertiary/aromatic N) is 1. The van der Waals surface area contributed by atoms with Gasteiger partial charge >= 0.3 is 6.03 Å². The number of amides is 2. The summed E-state index contributed by atoms with van der Waals surface area (Å²) in [5.74, 6) is 0. The molecule has 0 saturated heterocycles. The smallest absolute Gasteiger partial charge is 0.334 e. The minimum atomic E-state index is -0.180. The first kappa shape index (κ1) is 11.3. The Morgan fingerprint density at radius 1 is 1.42 bits per heavy atom. The highest BCUT2D eigenvalue weighted by atomic mass is 16.2. The Morgan fingerprint density at radius 3 is 2.58 bits per heavy atom. The van der Waals surface area contributed by atoms with E-state index in [-0.39, 0.29) is 12.1 Å². The molecule has 1 N–H and O–H groups in total. The van der Waals surface area contributed by atoms with Gasteiger partial charge in [-0.05, 0) is 20.3 Å². The summed E-state index contributed by atoms with van der Waals surface area (Å²) in [6, 6.07) is 0.00790. The molecule has 1 radical (unpaired) electrons.